The number of Topliss-reactive ketones (excluding diaryl/α,β-unsaturated/α-hetero) is 1. The molecule has 0 fully saturated rings. The molecule has 1 amide bonds. The Balaban J connectivity index is 1.59. The van der Waals surface area contributed by atoms with Crippen LogP contribution in [0.5, 0.6) is 0 Å². The number of fused-ring (bicyclic) bond motifs is 1. The van der Waals surface area contributed by atoms with Crippen molar-refractivity contribution in [3.8, 4) is 0 Å². The molecule has 34 heavy (non-hydrogen) atoms. The van der Waals surface area contributed by atoms with Gasteiger partial charge in [-0.2, -0.15) is 0 Å². The van der Waals surface area contributed by atoms with Gasteiger partial charge in [0.2, 0.25) is 0 Å². The first-order valence-corrected chi connectivity index (χ1v) is 12.4. The Morgan fingerprint density at radius 3 is 2.29 bits per heavy atom. The molecule has 0 aromatic heterocycles. The minimum atomic E-state index is -3.89. The highest BCUT2D eigenvalue weighted by molar-refractivity contribution is 7.92. The summed E-state index contributed by atoms with van der Waals surface area (Å²) < 4.78 is 27.7. The molecule has 3 aromatic carbocycles. The topological polar surface area (TPSA) is 74.8 Å². The van der Waals surface area contributed by atoms with Gasteiger partial charge in [0.05, 0.1) is 16.2 Å². The first kappa shape index (κ1) is 23.4. The largest absolute Gasteiger partial charge is 0.337 e. The summed E-state index contributed by atoms with van der Waals surface area (Å²) in [6.07, 6.45) is 2.01. The van der Waals surface area contributed by atoms with Crippen molar-refractivity contribution in [2.45, 2.75) is 24.8 Å². The Bertz CT molecular complexity index is 1380. The number of sulfonamides is 1. The number of rotatable bonds is 6. The molecule has 6 nitrogen and oxygen atoms in total. The van der Waals surface area contributed by atoms with Crippen molar-refractivity contribution >= 4 is 27.4 Å². The fourth-order valence-corrected chi connectivity index (χ4v) is 5.15. The lowest BCUT2D eigenvalue weighted by atomic mass is 9.90. The van der Waals surface area contributed by atoms with Gasteiger partial charge < -0.3 is 4.90 Å². The summed E-state index contributed by atoms with van der Waals surface area (Å²) in [5.74, 6) is -0.842. The fraction of sp³-hybridized carbons (Fsp3) is 0.185. The summed E-state index contributed by atoms with van der Waals surface area (Å²) >= 11 is 0. The van der Waals surface area contributed by atoms with Gasteiger partial charge in [0.1, 0.15) is 0 Å². The van der Waals surface area contributed by atoms with Crippen molar-refractivity contribution in [3.63, 3.8) is 0 Å². The molecule has 0 heterocycles. The Hall–Kier alpha value is -3.71. The number of benzene rings is 3. The van der Waals surface area contributed by atoms with Crippen molar-refractivity contribution in [1.29, 1.82) is 0 Å². The highest BCUT2D eigenvalue weighted by atomic mass is 32.2. The molecule has 0 spiro atoms. The van der Waals surface area contributed by atoms with E-state index in [0.717, 1.165) is 11.1 Å². The molecule has 0 saturated heterocycles. The number of amides is 1. The second kappa shape index (κ2) is 9.27. The quantitative estimate of drug-likeness (QED) is 0.503. The predicted molar refractivity (Wildman–Crippen MR) is 132 cm³/mol. The van der Waals surface area contributed by atoms with Gasteiger partial charge in [0.15, 0.2) is 5.78 Å². The number of carbonyl (C=O) groups is 2. The van der Waals surface area contributed by atoms with Crippen LogP contribution in [0.3, 0.4) is 0 Å². The van der Waals surface area contributed by atoms with Crippen molar-refractivity contribution in [2.75, 3.05) is 18.4 Å². The van der Waals surface area contributed by atoms with E-state index in [9.17, 15) is 18.0 Å². The summed E-state index contributed by atoms with van der Waals surface area (Å²) in [5, 5.41) is 0. The van der Waals surface area contributed by atoms with E-state index in [2.05, 4.69) is 0 Å². The normalized spacial score (nSPS) is 13.1. The Labute approximate surface area is 200 Å². The molecular formula is C27H26N2O4S. The molecule has 0 bridgehead atoms. The van der Waals surface area contributed by atoms with E-state index in [1.807, 2.05) is 49.4 Å². The zero-order valence-electron chi connectivity index (χ0n) is 19.4. The van der Waals surface area contributed by atoms with E-state index in [-0.39, 0.29) is 21.9 Å². The Kier molecular flexibility index (Phi) is 6.39. The molecule has 174 valence electrons. The standard InChI is InChI=1S/C27H26N2O4S/c1-19-9-13-22(14-10-19)29(3)34(32,33)23-15-11-21-12-16-24(26(30)25(21)17-23)27(31)28(2)18-20-7-5-4-6-8-20/h4-11,13-17H,12,18H2,1-3H3. The molecule has 0 radical (unpaired) electrons. The van der Waals surface area contributed by atoms with Crippen LogP contribution >= 0.6 is 0 Å². The third-order valence-corrected chi connectivity index (χ3v) is 7.77. The lowest BCUT2D eigenvalue weighted by Crippen LogP contribution is -2.32. The molecule has 0 atom stereocenters. The SMILES string of the molecule is Cc1ccc(N(C)S(=O)(=O)c2ccc3c(c2)C(=O)C(C(=O)N(C)Cc2ccccc2)=CC3)cc1. The van der Waals surface area contributed by atoms with Gasteiger partial charge in [-0.3, -0.25) is 13.9 Å². The first-order valence-electron chi connectivity index (χ1n) is 10.9. The van der Waals surface area contributed by atoms with Crippen LogP contribution in [-0.4, -0.2) is 39.1 Å². The minimum Gasteiger partial charge on any atom is -0.337 e. The van der Waals surface area contributed by atoms with Gasteiger partial charge >= 0.3 is 0 Å². The lowest BCUT2D eigenvalue weighted by molar-refractivity contribution is -0.126. The van der Waals surface area contributed by atoms with Crippen LogP contribution in [0.15, 0.2) is 89.3 Å². The minimum absolute atomic E-state index is 0.00835. The maximum atomic E-state index is 13.3. The first-order chi connectivity index (χ1) is 16.2. The molecule has 4 rings (SSSR count). The lowest BCUT2D eigenvalue weighted by Gasteiger charge is -2.23. The summed E-state index contributed by atoms with van der Waals surface area (Å²) in [6.45, 7) is 2.30. The maximum Gasteiger partial charge on any atom is 0.264 e. The highest BCUT2D eigenvalue weighted by Gasteiger charge is 2.30. The number of hydrogen-bond donors (Lipinski definition) is 0. The summed E-state index contributed by atoms with van der Waals surface area (Å²) in [6, 6.07) is 21.2. The zero-order valence-corrected chi connectivity index (χ0v) is 20.2. The second-order valence-corrected chi connectivity index (χ2v) is 10.4. The number of likely N-dealkylation sites (N-methyl/N-ethyl adjacent to an activating group) is 1. The Morgan fingerprint density at radius 1 is 0.941 bits per heavy atom. The molecule has 0 N–H and O–H groups in total. The van der Waals surface area contributed by atoms with Gasteiger partial charge in [-0.05, 0) is 48.7 Å². The van der Waals surface area contributed by atoms with Crippen LogP contribution in [0.2, 0.25) is 0 Å². The number of aryl methyl sites for hydroxylation is 1. The molecule has 0 saturated carbocycles. The highest BCUT2D eigenvalue weighted by Crippen LogP contribution is 2.28. The summed E-state index contributed by atoms with van der Waals surface area (Å²) in [5.41, 5.74) is 3.51. The van der Waals surface area contributed by atoms with Gasteiger partial charge in [0, 0.05) is 26.2 Å². The van der Waals surface area contributed by atoms with Crippen LogP contribution in [0, 0.1) is 6.92 Å². The number of carbonyl (C=O) groups excluding carboxylic acids is 2. The van der Waals surface area contributed by atoms with Crippen LogP contribution in [0.4, 0.5) is 5.69 Å². The predicted octanol–water partition coefficient (Wildman–Crippen LogP) is 4.14. The number of allylic oxidation sites excluding steroid dienone is 1. The summed E-state index contributed by atoms with van der Waals surface area (Å²) in [7, 11) is -0.760. The van der Waals surface area contributed by atoms with Gasteiger partial charge in [-0.1, -0.05) is 60.2 Å². The van der Waals surface area contributed by atoms with Crippen molar-refractivity contribution in [1.82, 2.24) is 4.90 Å². The fourth-order valence-electron chi connectivity index (χ4n) is 3.93. The van der Waals surface area contributed by atoms with Crippen LogP contribution in [0.25, 0.3) is 0 Å². The molecule has 1 aliphatic carbocycles. The van der Waals surface area contributed by atoms with E-state index in [0.29, 0.717) is 24.2 Å². The van der Waals surface area contributed by atoms with E-state index >= 15 is 0 Å². The Morgan fingerprint density at radius 2 is 1.62 bits per heavy atom. The average molecular weight is 475 g/mol. The molecule has 0 unspecified atom stereocenters. The van der Waals surface area contributed by atoms with Gasteiger partial charge in [-0.15, -0.1) is 0 Å². The van der Waals surface area contributed by atoms with Crippen LogP contribution in [-0.2, 0) is 27.8 Å². The number of nitrogens with zero attached hydrogens (tertiary/aromatic N) is 2. The number of anilines is 1. The number of ketones is 1. The van der Waals surface area contributed by atoms with Crippen LogP contribution < -0.4 is 4.31 Å². The van der Waals surface area contributed by atoms with Gasteiger partial charge in [0.25, 0.3) is 15.9 Å². The maximum absolute atomic E-state index is 13.3. The average Bonchev–Trinajstić information content (AvgIpc) is 2.84. The third-order valence-electron chi connectivity index (χ3n) is 5.99. The van der Waals surface area contributed by atoms with E-state index in [1.165, 1.54) is 28.4 Å². The van der Waals surface area contributed by atoms with Crippen LogP contribution in [0.1, 0.15) is 27.0 Å². The van der Waals surface area contributed by atoms with E-state index < -0.39 is 15.8 Å². The molecule has 7 heteroatoms. The van der Waals surface area contributed by atoms with Crippen molar-refractivity contribution in [3.05, 3.63) is 107 Å². The van der Waals surface area contributed by atoms with Gasteiger partial charge in [-0.25, -0.2) is 8.42 Å². The van der Waals surface area contributed by atoms with E-state index in [4.69, 9.17) is 0 Å². The summed E-state index contributed by atoms with van der Waals surface area (Å²) in [4.78, 5) is 27.8. The molecule has 3 aromatic rings. The van der Waals surface area contributed by atoms with Crippen molar-refractivity contribution < 1.29 is 18.0 Å². The monoisotopic (exact) mass is 474 g/mol. The zero-order chi connectivity index (χ0) is 24.5. The molecular weight excluding hydrogens is 448 g/mol. The molecule has 1 aliphatic rings. The number of hydrogen-bond acceptors (Lipinski definition) is 4. The van der Waals surface area contributed by atoms with E-state index in [1.54, 1.807) is 31.3 Å². The third kappa shape index (κ3) is 4.52. The smallest absolute Gasteiger partial charge is 0.264 e. The second-order valence-electron chi connectivity index (χ2n) is 8.42. The molecule has 0 aliphatic heterocycles. The van der Waals surface area contributed by atoms with Crippen molar-refractivity contribution in [2.24, 2.45) is 0 Å².